The van der Waals surface area contributed by atoms with Gasteiger partial charge in [-0.1, -0.05) is 34.1 Å². The Bertz CT molecular complexity index is 322. The zero-order valence-electron chi connectivity index (χ0n) is 16.5. The van der Waals surface area contributed by atoms with E-state index in [0.717, 1.165) is 32.5 Å². The van der Waals surface area contributed by atoms with Gasteiger partial charge in [0, 0.05) is 33.2 Å². The zero-order chi connectivity index (χ0) is 17.2. The highest BCUT2D eigenvalue weighted by atomic mass is 28.4. The third-order valence-corrected chi connectivity index (χ3v) is 9.23. The molecule has 0 aliphatic heterocycles. The maximum Gasteiger partial charge on any atom is 0.191 e. The predicted molar refractivity (Wildman–Crippen MR) is 103 cm³/mol. The van der Waals surface area contributed by atoms with Crippen LogP contribution in [-0.4, -0.2) is 45.8 Å². The fraction of sp³-hybridized carbons (Fsp3) is 0.944. The molecule has 0 saturated heterocycles. The standard InChI is InChI=1S/C18H40N2OSi/c1-9-11-14-17(19-10-2)20(6)15-12-13-16-21-22(7,8)18(3,4)5/h9-16H2,1-8H3. The lowest BCUT2D eigenvalue weighted by Crippen LogP contribution is -2.41. The lowest BCUT2D eigenvalue weighted by Gasteiger charge is -2.36. The Hall–Kier alpha value is -0.353. The van der Waals surface area contributed by atoms with E-state index in [1.165, 1.54) is 25.1 Å². The number of hydrogen-bond donors (Lipinski definition) is 0. The third-order valence-electron chi connectivity index (χ3n) is 4.69. The lowest BCUT2D eigenvalue weighted by atomic mass is 10.2. The molecule has 0 atom stereocenters. The summed E-state index contributed by atoms with van der Waals surface area (Å²) in [6, 6.07) is 0. The number of nitrogens with zero attached hydrogens (tertiary/aromatic N) is 2. The topological polar surface area (TPSA) is 24.8 Å². The predicted octanol–water partition coefficient (Wildman–Crippen LogP) is 5.33. The van der Waals surface area contributed by atoms with Crippen LogP contribution in [0.1, 0.15) is 66.7 Å². The molecule has 132 valence electrons. The highest BCUT2D eigenvalue weighted by Gasteiger charge is 2.36. The minimum absolute atomic E-state index is 0.310. The molecule has 3 nitrogen and oxygen atoms in total. The normalized spacial score (nSPS) is 13.5. The maximum atomic E-state index is 6.24. The summed E-state index contributed by atoms with van der Waals surface area (Å²) in [6.45, 7) is 18.8. The van der Waals surface area contributed by atoms with Gasteiger partial charge in [0.25, 0.3) is 0 Å². The maximum absolute atomic E-state index is 6.24. The summed E-state index contributed by atoms with van der Waals surface area (Å²) in [5.74, 6) is 1.27. The van der Waals surface area contributed by atoms with Gasteiger partial charge in [0.15, 0.2) is 8.32 Å². The first-order valence-corrected chi connectivity index (χ1v) is 11.9. The van der Waals surface area contributed by atoms with E-state index in [9.17, 15) is 0 Å². The van der Waals surface area contributed by atoms with Crippen LogP contribution in [0.15, 0.2) is 4.99 Å². The zero-order valence-corrected chi connectivity index (χ0v) is 17.5. The third kappa shape index (κ3) is 8.32. The molecule has 0 aliphatic rings. The number of hydrogen-bond acceptors (Lipinski definition) is 2. The van der Waals surface area contributed by atoms with Crippen molar-refractivity contribution in [1.29, 1.82) is 0 Å². The Morgan fingerprint density at radius 2 is 1.73 bits per heavy atom. The van der Waals surface area contributed by atoms with E-state index in [1.54, 1.807) is 0 Å². The average molecular weight is 329 g/mol. The van der Waals surface area contributed by atoms with Crippen LogP contribution in [0.2, 0.25) is 18.1 Å². The average Bonchev–Trinajstić information content (AvgIpc) is 2.41. The van der Waals surface area contributed by atoms with Gasteiger partial charge >= 0.3 is 0 Å². The van der Waals surface area contributed by atoms with Crippen molar-refractivity contribution in [3.05, 3.63) is 0 Å². The summed E-state index contributed by atoms with van der Waals surface area (Å²) in [7, 11) is 0.608. The van der Waals surface area contributed by atoms with E-state index >= 15 is 0 Å². The summed E-state index contributed by atoms with van der Waals surface area (Å²) in [6.07, 6.45) is 5.90. The monoisotopic (exact) mass is 328 g/mol. The van der Waals surface area contributed by atoms with Crippen molar-refractivity contribution >= 4 is 14.2 Å². The largest absolute Gasteiger partial charge is 0.417 e. The number of amidine groups is 1. The molecule has 0 aromatic rings. The van der Waals surface area contributed by atoms with Gasteiger partial charge < -0.3 is 9.33 Å². The second-order valence-electron chi connectivity index (χ2n) is 7.73. The van der Waals surface area contributed by atoms with Gasteiger partial charge in [-0.2, -0.15) is 0 Å². The number of unbranched alkanes of at least 4 members (excludes halogenated alkanes) is 2. The van der Waals surface area contributed by atoms with Crippen LogP contribution in [0.3, 0.4) is 0 Å². The van der Waals surface area contributed by atoms with Crippen molar-refractivity contribution in [2.45, 2.75) is 84.9 Å². The molecule has 0 N–H and O–H groups in total. The minimum atomic E-state index is -1.57. The fourth-order valence-electron chi connectivity index (χ4n) is 2.03. The van der Waals surface area contributed by atoms with Crippen LogP contribution in [-0.2, 0) is 4.43 Å². The van der Waals surface area contributed by atoms with Gasteiger partial charge in [-0.15, -0.1) is 0 Å². The van der Waals surface area contributed by atoms with Crippen LogP contribution in [0.5, 0.6) is 0 Å². The molecule has 0 amide bonds. The van der Waals surface area contributed by atoms with E-state index in [-0.39, 0.29) is 0 Å². The second-order valence-corrected chi connectivity index (χ2v) is 12.5. The Morgan fingerprint density at radius 3 is 2.23 bits per heavy atom. The Morgan fingerprint density at radius 1 is 1.09 bits per heavy atom. The van der Waals surface area contributed by atoms with Gasteiger partial charge in [-0.3, -0.25) is 4.99 Å². The van der Waals surface area contributed by atoms with E-state index in [0.29, 0.717) is 5.04 Å². The molecule has 0 radical (unpaired) electrons. The molecular formula is C18H40N2OSi. The van der Waals surface area contributed by atoms with E-state index in [4.69, 9.17) is 4.43 Å². The molecule has 0 bridgehead atoms. The van der Waals surface area contributed by atoms with Crippen molar-refractivity contribution in [2.75, 3.05) is 26.7 Å². The van der Waals surface area contributed by atoms with Gasteiger partial charge in [0.1, 0.15) is 0 Å². The molecule has 0 aromatic heterocycles. The molecule has 0 aromatic carbocycles. The van der Waals surface area contributed by atoms with Crippen LogP contribution in [0.25, 0.3) is 0 Å². The summed E-state index contributed by atoms with van der Waals surface area (Å²) < 4.78 is 6.24. The Kier molecular flexibility index (Phi) is 10.3. The molecule has 0 saturated carbocycles. The summed E-state index contributed by atoms with van der Waals surface area (Å²) in [5, 5.41) is 0.310. The molecule has 0 spiro atoms. The molecule has 0 unspecified atom stereocenters. The molecule has 22 heavy (non-hydrogen) atoms. The van der Waals surface area contributed by atoms with Crippen molar-refractivity contribution < 1.29 is 4.43 Å². The summed E-state index contributed by atoms with van der Waals surface area (Å²) in [4.78, 5) is 6.99. The fourth-order valence-corrected chi connectivity index (χ4v) is 3.12. The molecule has 0 rings (SSSR count). The number of aliphatic imine (C=N–C) groups is 1. The highest BCUT2D eigenvalue weighted by molar-refractivity contribution is 6.74. The van der Waals surface area contributed by atoms with Crippen LogP contribution < -0.4 is 0 Å². The summed E-state index contributed by atoms with van der Waals surface area (Å²) in [5.41, 5.74) is 0. The molecule has 4 heteroatoms. The first-order chi connectivity index (χ1) is 10.2. The first-order valence-electron chi connectivity index (χ1n) is 9.04. The van der Waals surface area contributed by atoms with Gasteiger partial charge in [-0.25, -0.2) is 0 Å². The first kappa shape index (κ1) is 21.6. The second kappa shape index (κ2) is 10.4. The van der Waals surface area contributed by atoms with Gasteiger partial charge in [0.2, 0.25) is 0 Å². The van der Waals surface area contributed by atoms with E-state index < -0.39 is 8.32 Å². The van der Waals surface area contributed by atoms with Gasteiger partial charge in [-0.05, 0) is 44.3 Å². The van der Waals surface area contributed by atoms with Crippen molar-refractivity contribution in [1.82, 2.24) is 4.90 Å². The van der Waals surface area contributed by atoms with Crippen molar-refractivity contribution in [2.24, 2.45) is 4.99 Å². The van der Waals surface area contributed by atoms with Gasteiger partial charge in [0.05, 0.1) is 5.84 Å². The Balaban J connectivity index is 4.06. The van der Waals surface area contributed by atoms with Crippen molar-refractivity contribution in [3.8, 4) is 0 Å². The Labute approximate surface area is 140 Å². The van der Waals surface area contributed by atoms with Crippen LogP contribution in [0, 0.1) is 0 Å². The SMILES string of the molecule is CCCCC(=NCC)N(C)CCCCO[Si](C)(C)C(C)(C)C. The smallest absolute Gasteiger partial charge is 0.191 e. The van der Waals surface area contributed by atoms with E-state index in [2.05, 4.69) is 64.7 Å². The summed E-state index contributed by atoms with van der Waals surface area (Å²) >= 11 is 0. The molecule has 0 aliphatic carbocycles. The van der Waals surface area contributed by atoms with Crippen LogP contribution >= 0.6 is 0 Å². The van der Waals surface area contributed by atoms with E-state index in [1.807, 2.05) is 0 Å². The molecular weight excluding hydrogens is 288 g/mol. The number of rotatable bonds is 10. The quantitative estimate of drug-likeness (QED) is 0.234. The van der Waals surface area contributed by atoms with Crippen LogP contribution in [0.4, 0.5) is 0 Å². The lowest BCUT2D eigenvalue weighted by molar-refractivity contribution is 0.274. The highest BCUT2D eigenvalue weighted by Crippen LogP contribution is 2.36. The minimum Gasteiger partial charge on any atom is -0.417 e. The molecule has 0 heterocycles. The molecule has 0 fully saturated rings. The van der Waals surface area contributed by atoms with Crippen molar-refractivity contribution in [3.63, 3.8) is 0 Å².